The van der Waals surface area contributed by atoms with Gasteiger partial charge in [-0.25, -0.2) is 0 Å². The van der Waals surface area contributed by atoms with Crippen molar-refractivity contribution in [3.63, 3.8) is 0 Å². The Labute approximate surface area is 144 Å². The van der Waals surface area contributed by atoms with E-state index in [0.29, 0.717) is 19.1 Å². The summed E-state index contributed by atoms with van der Waals surface area (Å²) in [5.74, 6) is 0. The molecule has 0 spiro atoms. The summed E-state index contributed by atoms with van der Waals surface area (Å²) in [4.78, 5) is 14.2. The van der Waals surface area contributed by atoms with Crippen LogP contribution in [-0.4, -0.2) is 76.9 Å². The Balaban J connectivity index is 0.000000243. The van der Waals surface area contributed by atoms with Gasteiger partial charge in [-0.1, -0.05) is 0 Å². The van der Waals surface area contributed by atoms with Crippen LogP contribution in [-0.2, 0) is 0 Å². The summed E-state index contributed by atoms with van der Waals surface area (Å²) in [6.07, 6.45) is 6.91. The SMILES string of the molecule is NCC1CCCN1CCCO.O=[N+]([O-])C=C1CCCN1CCCO. The van der Waals surface area contributed by atoms with Gasteiger partial charge in [0.1, 0.15) is 0 Å². The molecule has 0 amide bonds. The molecule has 0 aromatic rings. The lowest BCUT2D eigenvalue weighted by Crippen LogP contribution is -2.36. The van der Waals surface area contributed by atoms with Crippen LogP contribution < -0.4 is 5.73 Å². The summed E-state index contributed by atoms with van der Waals surface area (Å²) >= 11 is 0. The molecule has 0 bridgehead atoms. The number of nitro groups is 1. The first-order valence-corrected chi connectivity index (χ1v) is 8.87. The third-order valence-corrected chi connectivity index (χ3v) is 4.48. The average Bonchev–Trinajstić information content (AvgIpc) is 3.19. The fraction of sp³-hybridized carbons (Fsp3) is 0.875. The van der Waals surface area contributed by atoms with E-state index in [1.807, 2.05) is 4.90 Å². The molecule has 2 fully saturated rings. The number of aliphatic hydroxyl groups excluding tert-OH is 2. The van der Waals surface area contributed by atoms with Crippen molar-refractivity contribution >= 4 is 0 Å². The normalized spacial score (nSPS) is 22.7. The van der Waals surface area contributed by atoms with Gasteiger partial charge in [0.25, 0.3) is 6.20 Å². The Hall–Kier alpha value is -1.22. The zero-order valence-electron chi connectivity index (χ0n) is 14.5. The molecule has 24 heavy (non-hydrogen) atoms. The second-order valence-corrected chi connectivity index (χ2v) is 6.22. The molecule has 0 aromatic heterocycles. The molecule has 4 N–H and O–H groups in total. The second kappa shape index (κ2) is 12.2. The summed E-state index contributed by atoms with van der Waals surface area (Å²) in [6, 6.07) is 0.585. The number of likely N-dealkylation sites (tertiary alicyclic amines) is 2. The van der Waals surface area contributed by atoms with Crippen LogP contribution >= 0.6 is 0 Å². The van der Waals surface area contributed by atoms with Gasteiger partial charge in [0.05, 0.1) is 10.6 Å². The standard InChI is InChI=1S/C8H14N2O3.C8H18N2O/c11-6-2-5-9-4-1-3-8(9)7-10(12)13;9-7-8-3-1-4-10(8)5-2-6-11/h7,11H,1-6H2;8,11H,1-7,9H2. The monoisotopic (exact) mass is 344 g/mol. The van der Waals surface area contributed by atoms with Gasteiger partial charge in [-0.3, -0.25) is 15.0 Å². The fourth-order valence-corrected chi connectivity index (χ4v) is 3.27. The molecule has 0 saturated carbocycles. The van der Waals surface area contributed by atoms with E-state index >= 15 is 0 Å². The van der Waals surface area contributed by atoms with Crippen LogP contribution in [0.2, 0.25) is 0 Å². The number of nitrogens with zero attached hydrogens (tertiary/aromatic N) is 3. The first-order valence-electron chi connectivity index (χ1n) is 8.87. The largest absolute Gasteiger partial charge is 0.396 e. The highest BCUT2D eigenvalue weighted by Gasteiger charge is 2.21. The van der Waals surface area contributed by atoms with E-state index in [1.165, 1.54) is 19.4 Å². The van der Waals surface area contributed by atoms with Crippen molar-refractivity contribution in [3.8, 4) is 0 Å². The molecule has 8 heteroatoms. The minimum atomic E-state index is -0.410. The number of hydrogen-bond acceptors (Lipinski definition) is 7. The molecular weight excluding hydrogens is 312 g/mol. The third-order valence-electron chi connectivity index (χ3n) is 4.48. The summed E-state index contributed by atoms with van der Waals surface area (Å²) in [5.41, 5.74) is 6.38. The molecule has 2 aliphatic heterocycles. The average molecular weight is 344 g/mol. The van der Waals surface area contributed by atoms with Crippen molar-refractivity contribution < 1.29 is 15.1 Å². The molecular formula is C16H32N4O4. The molecule has 8 nitrogen and oxygen atoms in total. The number of rotatable bonds is 8. The van der Waals surface area contributed by atoms with Gasteiger partial charge < -0.3 is 20.8 Å². The lowest BCUT2D eigenvalue weighted by Gasteiger charge is -2.22. The van der Waals surface area contributed by atoms with Gasteiger partial charge in [-0.05, 0) is 45.1 Å². The van der Waals surface area contributed by atoms with E-state index in [-0.39, 0.29) is 6.61 Å². The van der Waals surface area contributed by atoms with Crippen molar-refractivity contribution in [2.75, 3.05) is 45.9 Å². The van der Waals surface area contributed by atoms with Crippen molar-refractivity contribution in [3.05, 3.63) is 22.0 Å². The van der Waals surface area contributed by atoms with Gasteiger partial charge in [0.15, 0.2) is 0 Å². The molecule has 2 rings (SSSR count). The van der Waals surface area contributed by atoms with Crippen molar-refractivity contribution in [2.45, 2.75) is 44.6 Å². The van der Waals surface area contributed by atoms with Crippen LogP contribution in [0, 0.1) is 10.1 Å². The van der Waals surface area contributed by atoms with Crippen LogP contribution in [0.5, 0.6) is 0 Å². The molecule has 1 atom stereocenters. The van der Waals surface area contributed by atoms with E-state index in [9.17, 15) is 10.1 Å². The molecule has 140 valence electrons. The minimum Gasteiger partial charge on any atom is -0.396 e. The summed E-state index contributed by atoms with van der Waals surface area (Å²) in [6.45, 7) is 4.98. The predicted octanol–water partition coefficient (Wildman–Crippen LogP) is 0.375. The van der Waals surface area contributed by atoms with Crippen molar-refractivity contribution in [2.24, 2.45) is 5.73 Å². The zero-order chi connectivity index (χ0) is 17.8. The lowest BCUT2D eigenvalue weighted by atomic mass is 10.2. The van der Waals surface area contributed by atoms with E-state index in [4.69, 9.17) is 15.9 Å². The molecule has 0 aliphatic carbocycles. The minimum absolute atomic E-state index is 0.141. The molecule has 0 radical (unpaired) electrons. The number of allylic oxidation sites excluding steroid dienone is 1. The van der Waals surface area contributed by atoms with Gasteiger partial charge >= 0.3 is 0 Å². The maximum atomic E-state index is 10.2. The molecule has 2 aliphatic rings. The predicted molar refractivity (Wildman–Crippen MR) is 92.9 cm³/mol. The van der Waals surface area contributed by atoms with E-state index in [2.05, 4.69) is 4.90 Å². The van der Waals surface area contributed by atoms with Gasteiger partial charge in [0, 0.05) is 45.4 Å². The summed E-state index contributed by atoms with van der Waals surface area (Å²) < 4.78 is 0. The zero-order valence-corrected chi connectivity index (χ0v) is 14.5. The van der Waals surface area contributed by atoms with E-state index < -0.39 is 4.92 Å². The number of hydrogen-bond donors (Lipinski definition) is 3. The van der Waals surface area contributed by atoms with Crippen LogP contribution in [0.25, 0.3) is 0 Å². The lowest BCUT2D eigenvalue weighted by molar-refractivity contribution is -0.404. The van der Waals surface area contributed by atoms with Gasteiger partial charge in [-0.15, -0.1) is 0 Å². The Morgan fingerprint density at radius 2 is 1.92 bits per heavy atom. The fourth-order valence-electron chi connectivity index (χ4n) is 3.27. The van der Waals surface area contributed by atoms with Crippen LogP contribution in [0.4, 0.5) is 0 Å². The van der Waals surface area contributed by atoms with Gasteiger partial charge in [-0.2, -0.15) is 0 Å². The summed E-state index contributed by atoms with van der Waals surface area (Å²) in [5, 5.41) is 27.5. The maximum absolute atomic E-state index is 10.2. The Kier molecular flexibility index (Phi) is 10.6. The highest BCUT2D eigenvalue weighted by molar-refractivity contribution is 5.02. The molecule has 0 aromatic carbocycles. The molecule has 2 saturated heterocycles. The summed E-state index contributed by atoms with van der Waals surface area (Å²) in [7, 11) is 0. The first kappa shape index (κ1) is 20.8. The van der Waals surface area contributed by atoms with Crippen LogP contribution in [0.1, 0.15) is 38.5 Å². The highest BCUT2D eigenvalue weighted by Crippen LogP contribution is 2.20. The molecule has 2 heterocycles. The van der Waals surface area contributed by atoms with Gasteiger partial charge in [0.2, 0.25) is 0 Å². The quantitative estimate of drug-likeness (QED) is 0.430. The topological polar surface area (TPSA) is 116 Å². The van der Waals surface area contributed by atoms with Crippen LogP contribution in [0.3, 0.4) is 0 Å². The first-order chi connectivity index (χ1) is 11.6. The van der Waals surface area contributed by atoms with Crippen molar-refractivity contribution in [1.82, 2.24) is 9.80 Å². The number of aliphatic hydroxyl groups is 2. The Morgan fingerprint density at radius 3 is 2.54 bits per heavy atom. The smallest absolute Gasteiger partial charge is 0.253 e. The van der Waals surface area contributed by atoms with E-state index in [0.717, 1.165) is 57.3 Å². The molecule has 1 unspecified atom stereocenters. The Morgan fingerprint density at radius 1 is 1.21 bits per heavy atom. The highest BCUT2D eigenvalue weighted by atomic mass is 16.6. The second-order valence-electron chi connectivity index (χ2n) is 6.22. The number of nitrogens with two attached hydrogens (primary N) is 1. The van der Waals surface area contributed by atoms with Crippen LogP contribution in [0.15, 0.2) is 11.9 Å². The third kappa shape index (κ3) is 7.57. The Bertz CT molecular complexity index is 392. The van der Waals surface area contributed by atoms with Crippen molar-refractivity contribution in [1.29, 1.82) is 0 Å². The maximum Gasteiger partial charge on any atom is 0.253 e. The van der Waals surface area contributed by atoms with E-state index in [1.54, 1.807) is 0 Å².